The van der Waals surface area contributed by atoms with Gasteiger partial charge in [-0.05, 0) is 11.6 Å². The van der Waals surface area contributed by atoms with Crippen LogP contribution in [0.25, 0.3) is 16.5 Å². The Morgan fingerprint density at radius 1 is 1.30 bits per heavy atom. The fraction of sp³-hybridized carbons (Fsp3) is 0.375. The fourth-order valence-electron chi connectivity index (χ4n) is 2.47. The molecule has 0 atom stereocenters. The number of allylic oxidation sites excluding steroid dienone is 1. The summed E-state index contributed by atoms with van der Waals surface area (Å²) in [5, 5.41) is 0.593. The smallest absolute Gasteiger partial charge is 0.158 e. The van der Waals surface area contributed by atoms with Gasteiger partial charge >= 0.3 is 0 Å². The van der Waals surface area contributed by atoms with Crippen molar-refractivity contribution < 1.29 is 4.39 Å². The second-order valence-corrected chi connectivity index (χ2v) is 6.17. The van der Waals surface area contributed by atoms with Crippen LogP contribution in [0.5, 0.6) is 0 Å². The van der Waals surface area contributed by atoms with Gasteiger partial charge in [-0.15, -0.1) is 0 Å². The molecule has 1 aliphatic rings. The Morgan fingerprint density at radius 2 is 2.10 bits per heavy atom. The number of pyridine rings is 1. The largest absolute Gasteiger partial charge is 0.360 e. The molecule has 20 heavy (non-hydrogen) atoms. The fourth-order valence-corrected chi connectivity index (χ4v) is 2.47. The third kappa shape index (κ3) is 2.15. The summed E-state index contributed by atoms with van der Waals surface area (Å²) in [6.45, 7) is 7.00. The molecular formula is C16H18FN3. The third-order valence-corrected chi connectivity index (χ3v) is 3.69. The molecule has 3 rings (SSSR count). The molecule has 0 fully saturated rings. The maximum atomic E-state index is 14.5. The maximum absolute atomic E-state index is 14.5. The SMILES string of the molecule is CC(C)(C)C1=NCC=C(c2ncc3[nH]ccc3c2F)C1. The van der Waals surface area contributed by atoms with Crippen LogP contribution in [0.2, 0.25) is 0 Å². The Bertz CT molecular complexity index is 717. The van der Waals surface area contributed by atoms with Crippen LogP contribution in [0, 0.1) is 11.2 Å². The van der Waals surface area contributed by atoms with Gasteiger partial charge in [0.15, 0.2) is 5.82 Å². The summed E-state index contributed by atoms with van der Waals surface area (Å²) in [6.07, 6.45) is 6.07. The molecule has 0 saturated carbocycles. The number of H-pyrrole nitrogens is 1. The third-order valence-electron chi connectivity index (χ3n) is 3.69. The number of nitrogens with one attached hydrogen (secondary N) is 1. The molecular weight excluding hydrogens is 253 g/mol. The summed E-state index contributed by atoms with van der Waals surface area (Å²) in [5.74, 6) is -0.245. The van der Waals surface area contributed by atoms with Crippen LogP contribution in [0.4, 0.5) is 4.39 Å². The van der Waals surface area contributed by atoms with E-state index >= 15 is 0 Å². The van der Waals surface area contributed by atoms with Gasteiger partial charge in [-0.1, -0.05) is 26.8 Å². The highest BCUT2D eigenvalue weighted by Crippen LogP contribution is 2.31. The van der Waals surface area contributed by atoms with Crippen LogP contribution < -0.4 is 0 Å². The van der Waals surface area contributed by atoms with E-state index in [-0.39, 0.29) is 11.2 Å². The Hall–Kier alpha value is -1.97. The Labute approximate surface area is 117 Å². The number of aromatic amines is 1. The van der Waals surface area contributed by atoms with Crippen LogP contribution in [0.3, 0.4) is 0 Å². The second kappa shape index (κ2) is 4.54. The van der Waals surface area contributed by atoms with Gasteiger partial charge in [0, 0.05) is 29.1 Å². The van der Waals surface area contributed by atoms with Crippen molar-refractivity contribution in [2.45, 2.75) is 27.2 Å². The van der Waals surface area contributed by atoms with Gasteiger partial charge in [0.25, 0.3) is 0 Å². The first-order valence-electron chi connectivity index (χ1n) is 6.81. The minimum absolute atomic E-state index is 0.00811. The molecule has 0 spiro atoms. The molecule has 4 heteroatoms. The number of rotatable bonds is 1. The summed E-state index contributed by atoms with van der Waals surface area (Å²) in [6, 6.07) is 1.75. The van der Waals surface area contributed by atoms with E-state index in [4.69, 9.17) is 0 Å². The lowest BCUT2D eigenvalue weighted by molar-refractivity contribution is 0.579. The van der Waals surface area contributed by atoms with Crippen molar-refractivity contribution in [1.82, 2.24) is 9.97 Å². The van der Waals surface area contributed by atoms with Gasteiger partial charge in [-0.3, -0.25) is 9.98 Å². The number of aromatic nitrogens is 2. The molecule has 0 aliphatic carbocycles. The summed E-state index contributed by atoms with van der Waals surface area (Å²) in [7, 11) is 0. The highest BCUT2D eigenvalue weighted by atomic mass is 19.1. The van der Waals surface area contributed by atoms with E-state index in [0.717, 1.165) is 16.8 Å². The van der Waals surface area contributed by atoms with Gasteiger partial charge in [0.05, 0.1) is 18.3 Å². The van der Waals surface area contributed by atoms with Crippen LogP contribution in [0.15, 0.2) is 29.5 Å². The van der Waals surface area contributed by atoms with E-state index in [1.165, 1.54) is 0 Å². The first-order valence-corrected chi connectivity index (χ1v) is 6.81. The zero-order chi connectivity index (χ0) is 14.3. The van der Waals surface area contributed by atoms with E-state index in [1.807, 2.05) is 6.08 Å². The predicted molar refractivity (Wildman–Crippen MR) is 80.4 cm³/mol. The summed E-state index contributed by atoms with van der Waals surface area (Å²) >= 11 is 0. The molecule has 3 heterocycles. The van der Waals surface area contributed by atoms with Crippen molar-refractivity contribution in [3.05, 3.63) is 36.0 Å². The van der Waals surface area contributed by atoms with Gasteiger partial charge in [-0.25, -0.2) is 4.39 Å². The van der Waals surface area contributed by atoms with Crippen LogP contribution in [-0.2, 0) is 0 Å². The van der Waals surface area contributed by atoms with Crippen molar-refractivity contribution in [1.29, 1.82) is 0 Å². The molecule has 0 unspecified atom stereocenters. The zero-order valence-electron chi connectivity index (χ0n) is 12.0. The Kier molecular flexibility index (Phi) is 2.96. The van der Waals surface area contributed by atoms with Gasteiger partial charge in [0.2, 0.25) is 0 Å². The number of halogens is 1. The highest BCUT2D eigenvalue weighted by Gasteiger charge is 2.24. The number of dihydropyridines is 1. The van der Waals surface area contributed by atoms with Crippen molar-refractivity contribution in [2.75, 3.05) is 6.54 Å². The number of aliphatic imine (C=N–C) groups is 1. The molecule has 0 amide bonds. The molecule has 1 N–H and O–H groups in total. The molecule has 104 valence electrons. The topological polar surface area (TPSA) is 41.0 Å². The number of hydrogen-bond acceptors (Lipinski definition) is 2. The van der Waals surface area contributed by atoms with E-state index in [0.29, 0.717) is 24.0 Å². The maximum Gasteiger partial charge on any atom is 0.158 e. The lowest BCUT2D eigenvalue weighted by Gasteiger charge is -2.25. The van der Waals surface area contributed by atoms with Crippen molar-refractivity contribution in [3.8, 4) is 0 Å². The normalized spacial score (nSPS) is 16.2. The Balaban J connectivity index is 2.00. The number of fused-ring (bicyclic) bond motifs is 1. The summed E-state index contributed by atoms with van der Waals surface area (Å²) < 4.78 is 14.5. The first kappa shape index (κ1) is 13.0. The predicted octanol–water partition coefficient (Wildman–Crippen LogP) is 3.98. The minimum Gasteiger partial charge on any atom is -0.360 e. The highest BCUT2D eigenvalue weighted by molar-refractivity contribution is 5.99. The first-order chi connectivity index (χ1) is 9.47. The van der Waals surface area contributed by atoms with E-state index < -0.39 is 0 Å². The molecule has 2 aromatic heterocycles. The number of hydrogen-bond donors (Lipinski definition) is 1. The molecule has 0 bridgehead atoms. The van der Waals surface area contributed by atoms with E-state index in [1.54, 1.807) is 18.5 Å². The Morgan fingerprint density at radius 3 is 2.85 bits per heavy atom. The molecule has 1 aliphatic heterocycles. The average molecular weight is 271 g/mol. The minimum atomic E-state index is -0.245. The van der Waals surface area contributed by atoms with Crippen LogP contribution in [0.1, 0.15) is 32.9 Å². The molecule has 0 radical (unpaired) electrons. The molecule has 0 aromatic carbocycles. The lowest BCUT2D eigenvalue weighted by atomic mass is 9.84. The summed E-state index contributed by atoms with van der Waals surface area (Å²) in [5.41, 5.74) is 3.23. The monoisotopic (exact) mass is 271 g/mol. The van der Waals surface area contributed by atoms with Gasteiger partial charge in [-0.2, -0.15) is 0 Å². The van der Waals surface area contributed by atoms with Crippen molar-refractivity contribution in [2.24, 2.45) is 10.4 Å². The molecule has 2 aromatic rings. The average Bonchev–Trinajstić information content (AvgIpc) is 2.87. The molecule has 0 saturated heterocycles. The molecule has 3 nitrogen and oxygen atoms in total. The second-order valence-electron chi connectivity index (χ2n) is 6.17. The van der Waals surface area contributed by atoms with E-state index in [9.17, 15) is 4.39 Å². The van der Waals surface area contributed by atoms with Crippen LogP contribution in [-0.4, -0.2) is 22.2 Å². The lowest BCUT2D eigenvalue weighted by Crippen LogP contribution is -2.23. The zero-order valence-corrected chi connectivity index (χ0v) is 12.0. The van der Waals surface area contributed by atoms with Crippen molar-refractivity contribution >= 4 is 22.2 Å². The van der Waals surface area contributed by atoms with Crippen LogP contribution >= 0.6 is 0 Å². The number of nitrogens with zero attached hydrogens (tertiary/aromatic N) is 2. The van der Waals surface area contributed by atoms with Crippen molar-refractivity contribution in [3.63, 3.8) is 0 Å². The summed E-state index contributed by atoms with van der Waals surface area (Å²) in [4.78, 5) is 11.8. The standard InChI is InChI=1S/C16H18FN3/c1-16(2,3)13-8-10(4-6-19-13)15-14(17)11-5-7-18-12(11)9-20-15/h4-5,7,9,18H,6,8H2,1-3H3. The van der Waals surface area contributed by atoms with E-state index in [2.05, 4.69) is 35.7 Å². The van der Waals surface area contributed by atoms with Gasteiger partial charge < -0.3 is 4.98 Å². The quantitative estimate of drug-likeness (QED) is 0.837. The van der Waals surface area contributed by atoms with Gasteiger partial charge in [0.1, 0.15) is 5.69 Å².